The molecule has 0 N–H and O–H groups in total. The van der Waals surface area contributed by atoms with Crippen molar-refractivity contribution in [3.8, 4) is 0 Å². The van der Waals surface area contributed by atoms with Gasteiger partial charge in [-0.1, -0.05) is 18.2 Å². The summed E-state index contributed by atoms with van der Waals surface area (Å²) in [6.07, 6.45) is 0.847. The number of benzene rings is 2. The summed E-state index contributed by atoms with van der Waals surface area (Å²) in [5, 5.41) is 0. The molecule has 0 bridgehead atoms. The molecule has 2 aromatic carbocycles. The molecular formula is C19H20F2N2O. The largest absolute Gasteiger partial charge is 0.311 e. The van der Waals surface area contributed by atoms with Gasteiger partial charge in [0.2, 0.25) is 5.91 Å². The summed E-state index contributed by atoms with van der Waals surface area (Å²) in [6.45, 7) is 2.57. The van der Waals surface area contributed by atoms with Crippen molar-refractivity contribution >= 4 is 11.6 Å². The lowest BCUT2D eigenvalue weighted by Gasteiger charge is -2.27. The molecular weight excluding hydrogens is 310 g/mol. The van der Waals surface area contributed by atoms with Crippen molar-refractivity contribution in [3.63, 3.8) is 0 Å². The molecule has 0 saturated carbocycles. The van der Waals surface area contributed by atoms with Gasteiger partial charge in [0, 0.05) is 23.8 Å². The quantitative estimate of drug-likeness (QED) is 0.856. The number of rotatable bonds is 4. The normalized spacial score (nSPS) is 14.8. The predicted octanol–water partition coefficient (Wildman–Crippen LogP) is 3.55. The third-order valence-electron chi connectivity index (χ3n) is 4.64. The van der Waals surface area contributed by atoms with Crippen LogP contribution in [0.15, 0.2) is 42.5 Å². The number of fused-ring (bicyclic) bond motifs is 1. The van der Waals surface area contributed by atoms with Crippen molar-refractivity contribution in [2.24, 2.45) is 0 Å². The molecule has 0 radical (unpaired) electrons. The van der Waals surface area contributed by atoms with Crippen LogP contribution in [0.2, 0.25) is 0 Å². The van der Waals surface area contributed by atoms with Crippen LogP contribution in [0.1, 0.15) is 24.1 Å². The number of hydrogen-bond donors (Lipinski definition) is 0. The Kier molecular flexibility index (Phi) is 4.62. The molecule has 0 spiro atoms. The van der Waals surface area contributed by atoms with Gasteiger partial charge >= 0.3 is 0 Å². The molecule has 0 aliphatic carbocycles. The number of hydrogen-bond acceptors (Lipinski definition) is 2. The molecule has 0 aromatic heterocycles. The van der Waals surface area contributed by atoms with Crippen LogP contribution in [-0.4, -0.2) is 30.9 Å². The van der Waals surface area contributed by atoms with E-state index in [9.17, 15) is 13.6 Å². The number of carbonyl (C=O) groups is 1. The maximum atomic E-state index is 13.9. The average molecular weight is 330 g/mol. The maximum Gasteiger partial charge on any atom is 0.241 e. The molecule has 1 amide bonds. The molecule has 0 fully saturated rings. The number of para-hydroxylation sites is 1. The molecule has 1 atom stereocenters. The first-order valence-electron chi connectivity index (χ1n) is 8.01. The Balaban J connectivity index is 1.72. The fourth-order valence-corrected chi connectivity index (χ4v) is 3.11. The Labute approximate surface area is 140 Å². The monoisotopic (exact) mass is 330 g/mol. The molecule has 1 aliphatic heterocycles. The third-order valence-corrected chi connectivity index (χ3v) is 4.64. The van der Waals surface area contributed by atoms with Gasteiger partial charge in [0.25, 0.3) is 0 Å². The van der Waals surface area contributed by atoms with E-state index in [4.69, 9.17) is 0 Å². The second-order valence-corrected chi connectivity index (χ2v) is 6.18. The van der Waals surface area contributed by atoms with E-state index in [2.05, 4.69) is 0 Å². The molecule has 5 heteroatoms. The van der Waals surface area contributed by atoms with E-state index in [0.29, 0.717) is 6.54 Å². The first-order valence-corrected chi connectivity index (χ1v) is 8.01. The van der Waals surface area contributed by atoms with Crippen molar-refractivity contribution in [3.05, 3.63) is 65.2 Å². The Hall–Kier alpha value is -2.27. The van der Waals surface area contributed by atoms with Crippen LogP contribution in [0, 0.1) is 11.6 Å². The lowest BCUT2D eigenvalue weighted by molar-refractivity contribution is -0.119. The molecule has 126 valence electrons. The Morgan fingerprint density at radius 1 is 1.25 bits per heavy atom. The highest BCUT2D eigenvalue weighted by atomic mass is 19.1. The zero-order valence-corrected chi connectivity index (χ0v) is 13.8. The van der Waals surface area contributed by atoms with Crippen molar-refractivity contribution in [1.29, 1.82) is 0 Å². The zero-order chi connectivity index (χ0) is 17.3. The van der Waals surface area contributed by atoms with E-state index >= 15 is 0 Å². The Bertz CT molecular complexity index is 763. The van der Waals surface area contributed by atoms with Crippen molar-refractivity contribution in [2.75, 3.05) is 25.0 Å². The lowest BCUT2D eigenvalue weighted by atomic mass is 10.1. The lowest BCUT2D eigenvalue weighted by Crippen LogP contribution is -2.39. The van der Waals surface area contributed by atoms with Gasteiger partial charge in [-0.25, -0.2) is 8.78 Å². The van der Waals surface area contributed by atoms with Crippen LogP contribution in [0.4, 0.5) is 14.5 Å². The van der Waals surface area contributed by atoms with Crippen LogP contribution < -0.4 is 4.90 Å². The fourth-order valence-electron chi connectivity index (χ4n) is 3.11. The summed E-state index contributed by atoms with van der Waals surface area (Å²) in [5.74, 6) is -0.979. The summed E-state index contributed by atoms with van der Waals surface area (Å²) < 4.78 is 27.3. The Morgan fingerprint density at radius 2 is 2.00 bits per heavy atom. The SMILES string of the molecule is C[C@@H](c1cc(F)ccc1F)N(C)CC(=O)N1CCc2ccccc21. The zero-order valence-electron chi connectivity index (χ0n) is 13.8. The van der Waals surface area contributed by atoms with Crippen molar-refractivity contribution in [1.82, 2.24) is 4.90 Å². The minimum atomic E-state index is -0.480. The van der Waals surface area contributed by atoms with Gasteiger partial charge in [-0.3, -0.25) is 9.69 Å². The average Bonchev–Trinajstić information content (AvgIpc) is 3.00. The van der Waals surface area contributed by atoms with Crippen LogP contribution in [0.5, 0.6) is 0 Å². The third kappa shape index (κ3) is 3.17. The van der Waals surface area contributed by atoms with Crippen molar-refractivity contribution in [2.45, 2.75) is 19.4 Å². The predicted molar refractivity (Wildman–Crippen MR) is 89.9 cm³/mol. The number of amides is 1. The summed E-state index contributed by atoms with van der Waals surface area (Å²) in [4.78, 5) is 16.1. The summed E-state index contributed by atoms with van der Waals surface area (Å²) >= 11 is 0. The standard InChI is InChI=1S/C19H20F2N2O/c1-13(16-11-15(20)7-8-17(16)21)22(2)12-19(24)23-10-9-14-5-3-4-6-18(14)23/h3-8,11,13H,9-10,12H2,1-2H3/t13-/m0/s1. The van der Waals surface area contributed by atoms with Gasteiger partial charge in [-0.2, -0.15) is 0 Å². The summed E-state index contributed by atoms with van der Waals surface area (Å²) in [5.41, 5.74) is 2.37. The van der Waals surface area contributed by atoms with Crippen LogP contribution in [0.25, 0.3) is 0 Å². The van der Waals surface area contributed by atoms with E-state index in [-0.39, 0.29) is 18.0 Å². The highest BCUT2D eigenvalue weighted by molar-refractivity contribution is 5.96. The first-order chi connectivity index (χ1) is 11.5. The topological polar surface area (TPSA) is 23.6 Å². The van der Waals surface area contributed by atoms with Crippen LogP contribution in [0.3, 0.4) is 0 Å². The molecule has 0 saturated heterocycles. The first kappa shape index (κ1) is 16.6. The van der Waals surface area contributed by atoms with E-state index in [0.717, 1.165) is 29.8 Å². The number of anilines is 1. The molecule has 3 rings (SSSR count). The fraction of sp³-hybridized carbons (Fsp3) is 0.316. The number of carbonyl (C=O) groups excluding carboxylic acids is 1. The van der Waals surface area contributed by atoms with Crippen LogP contribution >= 0.6 is 0 Å². The molecule has 0 unspecified atom stereocenters. The van der Waals surface area contributed by atoms with E-state index in [1.807, 2.05) is 24.3 Å². The van der Waals surface area contributed by atoms with E-state index in [1.54, 1.807) is 23.8 Å². The molecule has 1 aliphatic rings. The second-order valence-electron chi connectivity index (χ2n) is 6.18. The molecule has 1 heterocycles. The Morgan fingerprint density at radius 3 is 2.79 bits per heavy atom. The van der Waals surface area contributed by atoms with E-state index in [1.165, 1.54) is 6.07 Å². The van der Waals surface area contributed by atoms with Gasteiger partial charge in [0.05, 0.1) is 6.54 Å². The molecule has 3 nitrogen and oxygen atoms in total. The van der Waals surface area contributed by atoms with Gasteiger partial charge in [0.1, 0.15) is 11.6 Å². The minimum absolute atomic E-state index is 0.0360. The highest BCUT2D eigenvalue weighted by Gasteiger charge is 2.26. The second kappa shape index (κ2) is 6.69. The summed E-state index contributed by atoms with van der Waals surface area (Å²) in [7, 11) is 1.74. The van der Waals surface area contributed by atoms with Crippen molar-refractivity contribution < 1.29 is 13.6 Å². The van der Waals surface area contributed by atoms with Gasteiger partial charge < -0.3 is 4.90 Å². The van der Waals surface area contributed by atoms with Gasteiger partial charge in [-0.15, -0.1) is 0 Å². The molecule has 2 aromatic rings. The van der Waals surface area contributed by atoms with Gasteiger partial charge in [0.15, 0.2) is 0 Å². The van der Waals surface area contributed by atoms with Crippen LogP contribution in [-0.2, 0) is 11.2 Å². The van der Waals surface area contributed by atoms with Gasteiger partial charge in [-0.05, 0) is 50.2 Å². The number of likely N-dealkylation sites (N-methyl/N-ethyl adjacent to an activating group) is 1. The highest BCUT2D eigenvalue weighted by Crippen LogP contribution is 2.28. The number of halogens is 2. The number of nitrogens with zero attached hydrogens (tertiary/aromatic N) is 2. The maximum absolute atomic E-state index is 13.9. The molecule has 24 heavy (non-hydrogen) atoms. The minimum Gasteiger partial charge on any atom is -0.311 e. The summed E-state index contributed by atoms with van der Waals surface area (Å²) in [6, 6.07) is 10.8. The van der Waals surface area contributed by atoms with E-state index < -0.39 is 17.7 Å². The smallest absolute Gasteiger partial charge is 0.241 e.